The second-order valence-electron chi connectivity index (χ2n) is 4.63. The number of hydrogen-bond donors (Lipinski definition) is 1. The molecule has 1 nitrogen and oxygen atoms in total. The summed E-state index contributed by atoms with van der Waals surface area (Å²) < 4.78 is 0. The molecule has 0 radical (unpaired) electrons. The van der Waals surface area contributed by atoms with E-state index in [2.05, 4.69) is 24.5 Å². The van der Waals surface area contributed by atoms with E-state index in [9.17, 15) is 0 Å². The first kappa shape index (κ1) is 15.0. The lowest BCUT2D eigenvalue weighted by Crippen LogP contribution is -2.19. The zero-order chi connectivity index (χ0) is 12.7. The summed E-state index contributed by atoms with van der Waals surface area (Å²) >= 11 is 7.98. The maximum absolute atomic E-state index is 6.21. The van der Waals surface area contributed by atoms with Crippen LogP contribution in [0.5, 0.6) is 0 Å². The van der Waals surface area contributed by atoms with Crippen molar-refractivity contribution in [1.29, 1.82) is 0 Å². The molecule has 1 aromatic rings. The number of unbranched alkanes of at least 4 members (excludes halogenated alkanes) is 1. The Balaban J connectivity index is 2.59. The molecule has 0 aliphatic carbocycles. The van der Waals surface area contributed by atoms with Crippen molar-refractivity contribution >= 4 is 22.9 Å². The first-order chi connectivity index (χ1) is 8.22. The summed E-state index contributed by atoms with van der Waals surface area (Å²) in [6.45, 7) is 4.56. The van der Waals surface area contributed by atoms with Crippen LogP contribution in [0.4, 0.5) is 0 Å². The molecular formula is C14H24ClNS. The van der Waals surface area contributed by atoms with Crippen molar-refractivity contribution in [2.45, 2.75) is 52.0 Å². The van der Waals surface area contributed by atoms with Gasteiger partial charge in [-0.15, -0.1) is 11.3 Å². The molecule has 1 heterocycles. The van der Waals surface area contributed by atoms with Crippen molar-refractivity contribution in [2.24, 2.45) is 5.92 Å². The Morgan fingerprint density at radius 3 is 2.65 bits per heavy atom. The van der Waals surface area contributed by atoms with Gasteiger partial charge in [0.25, 0.3) is 0 Å². The Kier molecular flexibility index (Phi) is 7.17. The highest BCUT2D eigenvalue weighted by Gasteiger charge is 2.18. The molecule has 1 N–H and O–H groups in total. The second kappa shape index (κ2) is 8.12. The lowest BCUT2D eigenvalue weighted by atomic mass is 9.91. The van der Waals surface area contributed by atoms with Gasteiger partial charge in [0, 0.05) is 10.9 Å². The van der Waals surface area contributed by atoms with E-state index in [-0.39, 0.29) is 0 Å². The van der Waals surface area contributed by atoms with Crippen LogP contribution in [0, 0.1) is 5.92 Å². The number of halogens is 1. The van der Waals surface area contributed by atoms with Crippen LogP contribution in [0.1, 0.15) is 56.9 Å². The molecule has 0 spiro atoms. The summed E-state index contributed by atoms with van der Waals surface area (Å²) in [5.74, 6) is 0.811. The molecule has 1 rings (SSSR count). The largest absolute Gasteiger partial charge is 0.312 e. The van der Waals surface area contributed by atoms with Gasteiger partial charge in [-0.25, -0.2) is 0 Å². The summed E-state index contributed by atoms with van der Waals surface area (Å²) in [5.41, 5.74) is 0. The lowest BCUT2D eigenvalue weighted by Gasteiger charge is -2.22. The Bertz CT molecular complexity index is 311. The molecule has 0 fully saturated rings. The van der Waals surface area contributed by atoms with Crippen molar-refractivity contribution in [3.05, 3.63) is 21.3 Å². The molecule has 0 aliphatic rings. The summed E-state index contributed by atoms with van der Waals surface area (Å²) in [4.78, 5) is 1.30. The normalized spacial score (nSPS) is 14.8. The third-order valence-corrected chi connectivity index (χ3v) is 4.89. The third kappa shape index (κ3) is 4.61. The molecule has 17 heavy (non-hydrogen) atoms. The maximum atomic E-state index is 6.21. The van der Waals surface area contributed by atoms with Crippen LogP contribution in [0.15, 0.2) is 11.4 Å². The standard InChI is InChI=1S/C14H24ClNS/c1-4-6-7-11(5-2)10-13(16-3)14-12(15)8-9-17-14/h8-9,11,13,16H,4-7,10H2,1-3H3. The van der Waals surface area contributed by atoms with E-state index in [4.69, 9.17) is 11.6 Å². The second-order valence-corrected chi connectivity index (χ2v) is 5.98. The molecule has 3 heteroatoms. The predicted octanol–water partition coefficient (Wildman–Crippen LogP) is 5.27. The number of hydrogen-bond acceptors (Lipinski definition) is 2. The van der Waals surface area contributed by atoms with Gasteiger partial charge in [-0.05, 0) is 30.8 Å². The average molecular weight is 274 g/mol. The van der Waals surface area contributed by atoms with Gasteiger partial charge in [-0.2, -0.15) is 0 Å². The van der Waals surface area contributed by atoms with Gasteiger partial charge in [0.15, 0.2) is 0 Å². The van der Waals surface area contributed by atoms with E-state index in [1.54, 1.807) is 11.3 Å². The van der Waals surface area contributed by atoms with Crippen molar-refractivity contribution in [3.8, 4) is 0 Å². The molecule has 0 saturated heterocycles. The average Bonchev–Trinajstić information content (AvgIpc) is 2.76. The van der Waals surface area contributed by atoms with E-state index in [0.29, 0.717) is 6.04 Å². The summed E-state index contributed by atoms with van der Waals surface area (Å²) in [7, 11) is 2.03. The number of rotatable bonds is 8. The first-order valence-electron chi connectivity index (χ1n) is 6.63. The van der Waals surface area contributed by atoms with Gasteiger partial charge in [0.1, 0.15) is 0 Å². The molecule has 2 unspecified atom stereocenters. The highest BCUT2D eigenvalue weighted by Crippen LogP contribution is 2.34. The maximum Gasteiger partial charge on any atom is 0.0561 e. The van der Waals surface area contributed by atoms with Gasteiger partial charge in [-0.3, -0.25) is 0 Å². The van der Waals surface area contributed by atoms with Gasteiger partial charge in [0.05, 0.1) is 5.02 Å². The van der Waals surface area contributed by atoms with Crippen LogP contribution in [-0.2, 0) is 0 Å². The monoisotopic (exact) mass is 273 g/mol. The number of thiophene rings is 1. The van der Waals surface area contributed by atoms with Crippen LogP contribution >= 0.6 is 22.9 Å². The summed E-state index contributed by atoms with van der Waals surface area (Å²) in [5, 5.41) is 6.41. The molecule has 0 saturated carbocycles. The molecule has 0 aromatic carbocycles. The Morgan fingerprint density at radius 1 is 1.41 bits per heavy atom. The smallest absolute Gasteiger partial charge is 0.0561 e. The fraction of sp³-hybridized carbons (Fsp3) is 0.714. The van der Waals surface area contributed by atoms with Crippen LogP contribution in [0.2, 0.25) is 5.02 Å². The van der Waals surface area contributed by atoms with Crippen LogP contribution in [0.3, 0.4) is 0 Å². The van der Waals surface area contributed by atoms with E-state index < -0.39 is 0 Å². The minimum atomic E-state index is 0.421. The third-order valence-electron chi connectivity index (χ3n) is 3.42. The van der Waals surface area contributed by atoms with Gasteiger partial charge in [0.2, 0.25) is 0 Å². The molecule has 0 aliphatic heterocycles. The van der Waals surface area contributed by atoms with Crippen LogP contribution < -0.4 is 5.32 Å². The molecule has 2 atom stereocenters. The molecular weight excluding hydrogens is 250 g/mol. The predicted molar refractivity (Wildman–Crippen MR) is 79.1 cm³/mol. The highest BCUT2D eigenvalue weighted by atomic mass is 35.5. The van der Waals surface area contributed by atoms with Crippen LogP contribution in [0.25, 0.3) is 0 Å². The van der Waals surface area contributed by atoms with Crippen molar-refractivity contribution in [2.75, 3.05) is 7.05 Å². The Hall–Kier alpha value is -0.0500. The Morgan fingerprint density at radius 2 is 2.18 bits per heavy atom. The minimum absolute atomic E-state index is 0.421. The SMILES string of the molecule is CCCCC(CC)CC(NC)c1sccc1Cl. The quantitative estimate of drug-likeness (QED) is 0.680. The van der Waals surface area contributed by atoms with E-state index in [1.165, 1.54) is 37.0 Å². The first-order valence-corrected chi connectivity index (χ1v) is 7.88. The van der Waals surface area contributed by atoms with E-state index in [0.717, 1.165) is 10.9 Å². The summed E-state index contributed by atoms with van der Waals surface area (Å²) in [6, 6.07) is 2.42. The molecule has 98 valence electrons. The van der Waals surface area contributed by atoms with Crippen molar-refractivity contribution in [3.63, 3.8) is 0 Å². The highest BCUT2D eigenvalue weighted by molar-refractivity contribution is 7.10. The van der Waals surface area contributed by atoms with Gasteiger partial charge < -0.3 is 5.32 Å². The van der Waals surface area contributed by atoms with E-state index in [1.807, 2.05) is 13.1 Å². The molecule has 1 aromatic heterocycles. The van der Waals surface area contributed by atoms with Gasteiger partial charge >= 0.3 is 0 Å². The van der Waals surface area contributed by atoms with Crippen molar-refractivity contribution < 1.29 is 0 Å². The summed E-state index contributed by atoms with van der Waals surface area (Å²) in [6.07, 6.45) is 6.44. The zero-order valence-electron chi connectivity index (χ0n) is 11.1. The molecule has 0 amide bonds. The Labute approximate surface area is 115 Å². The fourth-order valence-corrected chi connectivity index (χ4v) is 3.54. The van der Waals surface area contributed by atoms with Crippen LogP contribution in [-0.4, -0.2) is 7.05 Å². The molecule has 0 bridgehead atoms. The minimum Gasteiger partial charge on any atom is -0.312 e. The lowest BCUT2D eigenvalue weighted by molar-refractivity contribution is 0.367. The fourth-order valence-electron chi connectivity index (χ4n) is 2.22. The van der Waals surface area contributed by atoms with Gasteiger partial charge in [-0.1, -0.05) is 51.1 Å². The van der Waals surface area contributed by atoms with Crippen molar-refractivity contribution in [1.82, 2.24) is 5.32 Å². The topological polar surface area (TPSA) is 12.0 Å². The van der Waals surface area contributed by atoms with E-state index >= 15 is 0 Å². The number of nitrogens with one attached hydrogen (secondary N) is 1. The zero-order valence-corrected chi connectivity index (χ0v) is 12.7.